The molecule has 8 N–H and O–H groups in total. The molecule has 0 aromatic carbocycles. The van der Waals surface area contributed by atoms with E-state index in [0.717, 1.165) is 0 Å². The lowest BCUT2D eigenvalue weighted by molar-refractivity contribution is -0.142. The molecular formula is C21H41N5O5S. The van der Waals surface area contributed by atoms with Crippen molar-refractivity contribution in [3.05, 3.63) is 0 Å². The molecule has 0 fully saturated rings. The first-order valence-electron chi connectivity index (χ1n) is 11.2. The lowest BCUT2D eigenvalue weighted by Crippen LogP contribution is -2.58. The van der Waals surface area contributed by atoms with Gasteiger partial charge in [0.05, 0.1) is 6.04 Å². The smallest absolute Gasteiger partial charge is 0.326 e. The van der Waals surface area contributed by atoms with Crippen LogP contribution in [0.3, 0.4) is 0 Å². The van der Waals surface area contributed by atoms with Crippen LogP contribution in [0.25, 0.3) is 0 Å². The second kappa shape index (κ2) is 15.9. The van der Waals surface area contributed by atoms with E-state index < -0.39 is 47.9 Å². The van der Waals surface area contributed by atoms with E-state index in [2.05, 4.69) is 28.6 Å². The fourth-order valence-corrected chi connectivity index (χ4v) is 3.23. The summed E-state index contributed by atoms with van der Waals surface area (Å²) in [4.78, 5) is 49.4. The molecule has 11 heteroatoms. The van der Waals surface area contributed by atoms with Gasteiger partial charge in [-0.2, -0.15) is 12.6 Å². The molecular weight excluding hydrogens is 434 g/mol. The molecule has 0 saturated heterocycles. The molecule has 0 aliphatic heterocycles. The Bertz CT molecular complexity index is 619. The number of carbonyl (C=O) groups excluding carboxylic acids is 3. The van der Waals surface area contributed by atoms with Crippen LogP contribution in [-0.2, 0) is 19.2 Å². The van der Waals surface area contributed by atoms with Gasteiger partial charge in [-0.15, -0.1) is 0 Å². The zero-order valence-electron chi connectivity index (χ0n) is 19.6. The summed E-state index contributed by atoms with van der Waals surface area (Å²) in [5.41, 5.74) is 11.4. The van der Waals surface area contributed by atoms with Gasteiger partial charge < -0.3 is 32.5 Å². The van der Waals surface area contributed by atoms with Crippen molar-refractivity contribution in [3.8, 4) is 0 Å². The van der Waals surface area contributed by atoms with Gasteiger partial charge in [-0.3, -0.25) is 14.4 Å². The maximum atomic E-state index is 12.9. The van der Waals surface area contributed by atoms with Crippen molar-refractivity contribution in [2.75, 3.05) is 12.3 Å². The normalized spacial score (nSPS) is 15.9. The topological polar surface area (TPSA) is 177 Å². The molecule has 0 spiro atoms. The predicted octanol–water partition coefficient (Wildman–Crippen LogP) is 0.00370. The van der Waals surface area contributed by atoms with E-state index in [1.54, 1.807) is 0 Å². The molecule has 5 unspecified atom stereocenters. The summed E-state index contributed by atoms with van der Waals surface area (Å²) in [6, 6.07) is -3.78. The largest absolute Gasteiger partial charge is 0.480 e. The van der Waals surface area contributed by atoms with E-state index in [1.807, 2.05) is 27.7 Å². The number of hydrogen-bond acceptors (Lipinski definition) is 7. The van der Waals surface area contributed by atoms with Crippen molar-refractivity contribution in [2.45, 2.75) is 84.0 Å². The molecule has 0 aromatic heterocycles. The van der Waals surface area contributed by atoms with Crippen molar-refractivity contribution >= 4 is 36.3 Å². The summed E-state index contributed by atoms with van der Waals surface area (Å²) in [5, 5.41) is 17.1. The van der Waals surface area contributed by atoms with Gasteiger partial charge >= 0.3 is 5.97 Å². The van der Waals surface area contributed by atoms with E-state index in [-0.39, 0.29) is 24.0 Å². The summed E-state index contributed by atoms with van der Waals surface area (Å²) in [7, 11) is 0. The van der Waals surface area contributed by atoms with E-state index in [4.69, 9.17) is 11.5 Å². The number of hydrogen-bond donors (Lipinski definition) is 7. The van der Waals surface area contributed by atoms with Gasteiger partial charge in [-0.05, 0) is 44.1 Å². The van der Waals surface area contributed by atoms with Crippen LogP contribution in [0.1, 0.15) is 59.8 Å². The maximum Gasteiger partial charge on any atom is 0.326 e. The van der Waals surface area contributed by atoms with Crippen molar-refractivity contribution < 1.29 is 24.3 Å². The molecule has 0 aliphatic carbocycles. The molecule has 0 saturated carbocycles. The molecule has 0 rings (SSSR count). The number of unbranched alkanes of at least 4 members (excludes halogenated alkanes) is 1. The van der Waals surface area contributed by atoms with Gasteiger partial charge in [-0.25, -0.2) is 4.79 Å². The van der Waals surface area contributed by atoms with Crippen molar-refractivity contribution in [1.29, 1.82) is 0 Å². The average Bonchev–Trinajstić information content (AvgIpc) is 2.74. The Morgan fingerprint density at radius 2 is 1.44 bits per heavy atom. The van der Waals surface area contributed by atoms with Crippen LogP contribution in [0.4, 0.5) is 0 Å². The summed E-state index contributed by atoms with van der Waals surface area (Å²) in [6.45, 7) is 8.02. The first-order valence-corrected chi connectivity index (χ1v) is 11.8. The summed E-state index contributed by atoms with van der Waals surface area (Å²) >= 11 is 4.12. The molecule has 3 amide bonds. The number of thiol groups is 1. The van der Waals surface area contributed by atoms with Crippen molar-refractivity contribution in [3.63, 3.8) is 0 Å². The molecule has 0 aromatic rings. The van der Waals surface area contributed by atoms with Crippen LogP contribution in [0, 0.1) is 11.8 Å². The summed E-state index contributed by atoms with van der Waals surface area (Å²) in [5.74, 6) is -2.80. The van der Waals surface area contributed by atoms with Gasteiger partial charge in [0.2, 0.25) is 17.7 Å². The molecule has 0 aliphatic rings. The highest BCUT2D eigenvalue weighted by molar-refractivity contribution is 7.80. The first-order chi connectivity index (χ1) is 15.0. The fraction of sp³-hybridized carbons (Fsp3) is 0.810. The van der Waals surface area contributed by atoms with Crippen molar-refractivity contribution in [1.82, 2.24) is 16.0 Å². The zero-order valence-corrected chi connectivity index (χ0v) is 20.5. The molecule has 5 atom stereocenters. The third kappa shape index (κ3) is 11.1. The van der Waals surface area contributed by atoms with E-state index >= 15 is 0 Å². The Hall–Kier alpha value is -1.85. The fourth-order valence-electron chi connectivity index (χ4n) is 2.97. The second-order valence-electron chi connectivity index (χ2n) is 8.53. The van der Waals surface area contributed by atoms with Gasteiger partial charge in [0.15, 0.2) is 0 Å². The summed E-state index contributed by atoms with van der Waals surface area (Å²) in [6.07, 6.45) is 2.48. The predicted molar refractivity (Wildman–Crippen MR) is 127 cm³/mol. The Morgan fingerprint density at radius 3 is 1.91 bits per heavy atom. The number of carboxylic acids is 1. The van der Waals surface area contributed by atoms with E-state index in [0.29, 0.717) is 32.2 Å². The van der Waals surface area contributed by atoms with Gasteiger partial charge in [0.25, 0.3) is 0 Å². The van der Waals surface area contributed by atoms with Gasteiger partial charge in [0, 0.05) is 5.75 Å². The van der Waals surface area contributed by atoms with Crippen LogP contribution < -0.4 is 27.4 Å². The third-order valence-electron chi connectivity index (χ3n) is 5.28. The van der Waals surface area contributed by atoms with Crippen LogP contribution in [-0.4, -0.2) is 65.3 Å². The van der Waals surface area contributed by atoms with Crippen LogP contribution in [0.15, 0.2) is 0 Å². The molecule has 32 heavy (non-hydrogen) atoms. The number of aliphatic carboxylic acids is 1. The Balaban J connectivity index is 5.21. The minimum Gasteiger partial charge on any atom is -0.480 e. The van der Waals surface area contributed by atoms with Gasteiger partial charge in [0.1, 0.15) is 18.1 Å². The molecule has 186 valence electrons. The Labute approximate surface area is 196 Å². The van der Waals surface area contributed by atoms with Gasteiger partial charge in [-0.1, -0.05) is 34.1 Å². The minimum atomic E-state index is -1.16. The highest BCUT2D eigenvalue weighted by Gasteiger charge is 2.30. The lowest BCUT2D eigenvalue weighted by atomic mass is 9.97. The highest BCUT2D eigenvalue weighted by atomic mass is 32.1. The van der Waals surface area contributed by atoms with Crippen LogP contribution in [0.5, 0.6) is 0 Å². The third-order valence-corrected chi connectivity index (χ3v) is 5.64. The Kier molecular flexibility index (Phi) is 15.0. The lowest BCUT2D eigenvalue weighted by Gasteiger charge is -2.26. The average molecular weight is 476 g/mol. The van der Waals surface area contributed by atoms with E-state index in [9.17, 15) is 24.3 Å². The zero-order chi connectivity index (χ0) is 24.8. The minimum absolute atomic E-state index is 0.0402. The molecule has 0 radical (unpaired) electrons. The number of carboxylic acid groups (broad SMARTS) is 1. The van der Waals surface area contributed by atoms with Crippen LogP contribution in [0.2, 0.25) is 0 Å². The molecule has 0 heterocycles. The van der Waals surface area contributed by atoms with E-state index in [1.165, 1.54) is 0 Å². The quantitative estimate of drug-likeness (QED) is 0.121. The SMILES string of the molecule is CCC(C)C(N)C(=O)NC(CC(C)C)C(=O)NC(CS)C(=O)NC(CCCCN)C(=O)O. The second-order valence-corrected chi connectivity index (χ2v) is 8.89. The number of nitrogens with one attached hydrogen (secondary N) is 3. The highest BCUT2D eigenvalue weighted by Crippen LogP contribution is 2.09. The van der Waals surface area contributed by atoms with Crippen molar-refractivity contribution in [2.24, 2.45) is 23.3 Å². The number of rotatable bonds is 16. The summed E-state index contributed by atoms with van der Waals surface area (Å²) < 4.78 is 0. The maximum absolute atomic E-state index is 12.9. The number of carbonyl (C=O) groups is 4. The molecule has 0 bridgehead atoms. The number of nitrogens with two attached hydrogens (primary N) is 2. The Morgan fingerprint density at radius 1 is 0.906 bits per heavy atom. The first kappa shape index (κ1) is 30.1. The number of amides is 3. The van der Waals surface area contributed by atoms with Crippen LogP contribution >= 0.6 is 12.6 Å². The monoisotopic (exact) mass is 475 g/mol. The standard InChI is InChI=1S/C21H41N5O5S/c1-5-13(4)17(23)20(29)25-15(10-12(2)3)18(27)26-16(11-32)19(28)24-14(21(30)31)8-6-7-9-22/h12-17,32H,5-11,22-23H2,1-4H3,(H,24,28)(H,25,29)(H,26,27)(H,30,31). The molecule has 10 nitrogen and oxygen atoms in total.